The number of aromatic carboxylic acids is 1. The summed E-state index contributed by atoms with van der Waals surface area (Å²) in [4.78, 5) is 38.5. The Morgan fingerprint density at radius 1 is 1.12 bits per heavy atom. The maximum atomic E-state index is 15.6. The van der Waals surface area contributed by atoms with Crippen molar-refractivity contribution in [3.8, 4) is 22.3 Å². The zero-order valence-corrected chi connectivity index (χ0v) is 23.3. The molecule has 0 atom stereocenters. The van der Waals surface area contributed by atoms with Gasteiger partial charge in [-0.05, 0) is 38.6 Å². The average Bonchev–Trinajstić information content (AvgIpc) is 3.36. The van der Waals surface area contributed by atoms with E-state index in [1.54, 1.807) is 32.6 Å². The smallest absolute Gasteiger partial charge is 0.341 e. The minimum atomic E-state index is -1.32. The third-order valence-electron chi connectivity index (χ3n) is 8.39. The molecule has 0 amide bonds. The number of aryl methyl sites for hydroxylation is 1. The number of hydrogen-bond donors (Lipinski definition) is 2. The van der Waals surface area contributed by atoms with Crippen LogP contribution in [0.4, 0.5) is 20.2 Å². The number of carboxylic acid groups (broad SMARTS) is 1. The fourth-order valence-corrected chi connectivity index (χ4v) is 6.24. The number of fused-ring (bicyclic) bond motifs is 4. The molecule has 1 fully saturated rings. The second-order valence-electron chi connectivity index (χ2n) is 10.9. The summed E-state index contributed by atoms with van der Waals surface area (Å²) in [5.41, 5.74) is 3.74. The minimum absolute atomic E-state index is 0.151. The molecule has 1 saturated heterocycles. The zero-order valence-electron chi connectivity index (χ0n) is 23.3. The van der Waals surface area contributed by atoms with Crippen LogP contribution in [-0.4, -0.2) is 70.8 Å². The molecule has 2 N–H and O–H groups in total. The van der Waals surface area contributed by atoms with Crippen molar-refractivity contribution in [2.45, 2.75) is 25.3 Å². The van der Waals surface area contributed by atoms with Crippen LogP contribution in [0.25, 0.3) is 33.3 Å². The van der Waals surface area contributed by atoms with Crippen LogP contribution in [0.3, 0.4) is 0 Å². The summed E-state index contributed by atoms with van der Waals surface area (Å²) < 4.78 is 32.0. The molecule has 0 radical (unpaired) electrons. The topological polar surface area (TPSA) is 104 Å². The molecule has 0 unspecified atom stereocenters. The third-order valence-corrected chi connectivity index (χ3v) is 8.39. The van der Waals surface area contributed by atoms with Gasteiger partial charge in [0, 0.05) is 92.2 Å². The van der Waals surface area contributed by atoms with Gasteiger partial charge in [-0.1, -0.05) is 0 Å². The highest BCUT2D eigenvalue weighted by molar-refractivity contribution is 5.98. The summed E-state index contributed by atoms with van der Waals surface area (Å²) in [7, 11) is 7.41. The normalized spacial score (nSPS) is 15.0. The van der Waals surface area contributed by atoms with Gasteiger partial charge in [0.2, 0.25) is 5.43 Å². The lowest BCUT2D eigenvalue weighted by atomic mass is 9.95. The molecule has 6 rings (SSSR count). The molecule has 4 heterocycles. The maximum absolute atomic E-state index is 15.6. The summed E-state index contributed by atoms with van der Waals surface area (Å²) >= 11 is 0. The van der Waals surface area contributed by atoms with Gasteiger partial charge in [0.25, 0.3) is 0 Å². The second kappa shape index (κ2) is 9.91. The van der Waals surface area contributed by atoms with Crippen LogP contribution in [0.15, 0.2) is 35.5 Å². The Balaban J connectivity index is 1.62. The summed E-state index contributed by atoms with van der Waals surface area (Å²) in [5, 5.41) is 12.7. The van der Waals surface area contributed by atoms with Crippen molar-refractivity contribution in [1.29, 1.82) is 0 Å². The highest BCUT2D eigenvalue weighted by Gasteiger charge is 2.35. The fourth-order valence-electron chi connectivity index (χ4n) is 6.24. The predicted molar refractivity (Wildman–Crippen MR) is 154 cm³/mol. The number of carboxylic acids is 1. The number of aromatic nitrogens is 3. The van der Waals surface area contributed by atoms with Gasteiger partial charge in [0.15, 0.2) is 11.6 Å². The molecule has 4 aromatic rings. The molecule has 9 nitrogen and oxygen atoms in total. The van der Waals surface area contributed by atoms with E-state index in [4.69, 9.17) is 4.98 Å². The number of anilines is 2. The van der Waals surface area contributed by atoms with Crippen LogP contribution >= 0.6 is 0 Å². The van der Waals surface area contributed by atoms with Crippen LogP contribution in [0.1, 0.15) is 34.5 Å². The Morgan fingerprint density at radius 3 is 2.51 bits per heavy atom. The van der Waals surface area contributed by atoms with Gasteiger partial charge in [0.1, 0.15) is 11.2 Å². The highest BCUT2D eigenvalue weighted by atomic mass is 19.2. The first-order valence-corrected chi connectivity index (χ1v) is 13.5. The summed E-state index contributed by atoms with van der Waals surface area (Å²) in [6.45, 7) is 1.37. The molecule has 3 aromatic heterocycles. The fraction of sp³-hybridized carbons (Fsp3) is 0.333. The quantitative estimate of drug-likeness (QED) is 0.331. The predicted octanol–water partition coefficient (Wildman–Crippen LogP) is 4.12. The molecule has 41 heavy (non-hydrogen) atoms. The molecule has 11 heteroatoms. The molecule has 1 aliphatic carbocycles. The first-order chi connectivity index (χ1) is 19.6. The van der Waals surface area contributed by atoms with Crippen molar-refractivity contribution in [2.75, 3.05) is 44.4 Å². The van der Waals surface area contributed by atoms with E-state index in [9.17, 15) is 19.1 Å². The van der Waals surface area contributed by atoms with Crippen LogP contribution in [0.2, 0.25) is 0 Å². The Hall–Kier alpha value is -4.38. The lowest BCUT2D eigenvalue weighted by Gasteiger charge is -2.38. The number of piperidine rings is 1. The van der Waals surface area contributed by atoms with Crippen LogP contribution < -0.4 is 15.6 Å². The largest absolute Gasteiger partial charge is 0.477 e. The molecular formula is C30H30F2N6O3. The molecule has 2 aliphatic rings. The van der Waals surface area contributed by atoms with Crippen molar-refractivity contribution in [3.63, 3.8) is 0 Å². The minimum Gasteiger partial charge on any atom is -0.477 e. The van der Waals surface area contributed by atoms with Gasteiger partial charge in [-0.3, -0.25) is 9.78 Å². The summed E-state index contributed by atoms with van der Waals surface area (Å²) in [5.74, 6) is -3.19. The number of pyridine rings is 3. The standard InChI is InChI=1S/C30H30F2N6O3/c1-33-22-11-21(31)26(32)24-17(22)10-23-25(24)27(38-7-5-16(6-8-38)36(2)3)19(13-34-23)15-9-18-28(39)20(30(40)41)14-37(4)29(18)35-12-15/h9,11-14,16,33H,5-8,10H2,1-4H3,(H,40,41). The second-order valence-corrected chi connectivity index (χ2v) is 10.9. The van der Waals surface area contributed by atoms with Crippen LogP contribution in [0, 0.1) is 11.6 Å². The number of carbonyl (C=O) groups is 1. The van der Waals surface area contributed by atoms with Crippen LogP contribution in [-0.2, 0) is 13.5 Å². The van der Waals surface area contributed by atoms with Gasteiger partial charge in [-0.25, -0.2) is 18.6 Å². The zero-order chi connectivity index (χ0) is 29.2. The van der Waals surface area contributed by atoms with Gasteiger partial charge in [-0.15, -0.1) is 0 Å². The number of rotatable bonds is 5. The van der Waals surface area contributed by atoms with Gasteiger partial charge < -0.3 is 24.8 Å². The maximum Gasteiger partial charge on any atom is 0.341 e. The molecule has 1 aliphatic heterocycles. The number of halogens is 2. The van der Waals surface area contributed by atoms with Crippen molar-refractivity contribution in [3.05, 3.63) is 69.4 Å². The lowest BCUT2D eigenvalue weighted by molar-refractivity contribution is 0.0695. The molecule has 0 spiro atoms. The SMILES string of the molecule is CNc1cc(F)c(F)c2c1Cc1ncc(-c3cnc4c(c3)c(=O)c(C(=O)O)cn4C)c(N3CCC(N(C)C)CC3)c1-2. The Morgan fingerprint density at radius 2 is 1.85 bits per heavy atom. The summed E-state index contributed by atoms with van der Waals surface area (Å²) in [6, 6.07) is 3.18. The molecule has 212 valence electrons. The van der Waals surface area contributed by atoms with E-state index in [1.807, 2.05) is 0 Å². The van der Waals surface area contributed by atoms with Crippen molar-refractivity contribution < 1.29 is 18.7 Å². The summed E-state index contributed by atoms with van der Waals surface area (Å²) in [6.07, 6.45) is 6.66. The van der Waals surface area contributed by atoms with E-state index in [0.29, 0.717) is 70.5 Å². The highest BCUT2D eigenvalue weighted by Crippen LogP contribution is 2.50. The van der Waals surface area contributed by atoms with Crippen molar-refractivity contribution in [2.24, 2.45) is 7.05 Å². The van der Waals surface area contributed by atoms with E-state index in [0.717, 1.165) is 12.8 Å². The Bertz CT molecular complexity index is 1790. The van der Waals surface area contributed by atoms with E-state index < -0.39 is 23.0 Å². The van der Waals surface area contributed by atoms with E-state index in [2.05, 4.69) is 34.2 Å². The van der Waals surface area contributed by atoms with Gasteiger partial charge >= 0.3 is 5.97 Å². The van der Waals surface area contributed by atoms with Crippen molar-refractivity contribution in [1.82, 2.24) is 19.4 Å². The van der Waals surface area contributed by atoms with Gasteiger partial charge in [-0.2, -0.15) is 0 Å². The molecule has 0 bridgehead atoms. The van der Waals surface area contributed by atoms with Gasteiger partial charge in [0.05, 0.1) is 16.8 Å². The molecular weight excluding hydrogens is 530 g/mol. The number of nitrogens with one attached hydrogen (secondary N) is 1. The monoisotopic (exact) mass is 560 g/mol. The Labute approximate surface area is 235 Å². The van der Waals surface area contributed by atoms with E-state index >= 15 is 4.39 Å². The first-order valence-electron chi connectivity index (χ1n) is 13.5. The van der Waals surface area contributed by atoms with E-state index in [1.165, 1.54) is 16.8 Å². The third kappa shape index (κ3) is 4.22. The molecule has 0 saturated carbocycles. The van der Waals surface area contributed by atoms with Crippen molar-refractivity contribution >= 4 is 28.4 Å². The number of benzene rings is 1. The van der Waals surface area contributed by atoms with E-state index in [-0.39, 0.29) is 16.5 Å². The Kier molecular flexibility index (Phi) is 6.49. The molecule has 1 aromatic carbocycles. The average molecular weight is 561 g/mol. The number of hydrogen-bond acceptors (Lipinski definition) is 7. The first kappa shape index (κ1) is 26.8. The number of nitrogens with zero attached hydrogens (tertiary/aromatic N) is 5. The van der Waals surface area contributed by atoms with Crippen LogP contribution in [0.5, 0.6) is 0 Å². The lowest BCUT2D eigenvalue weighted by Crippen LogP contribution is -2.42.